The molecule has 4 aromatic carbocycles. The van der Waals surface area contributed by atoms with E-state index in [1.165, 1.54) is 35.2 Å². The molecule has 4 aromatic rings. The molecule has 0 heterocycles. The van der Waals surface area contributed by atoms with E-state index in [9.17, 15) is 18.0 Å². The number of hydrogen-bond acceptors (Lipinski definition) is 4. The summed E-state index contributed by atoms with van der Waals surface area (Å²) in [6.45, 7) is 1.48. The van der Waals surface area contributed by atoms with Gasteiger partial charge in [0, 0.05) is 24.5 Å². The lowest BCUT2D eigenvalue weighted by molar-refractivity contribution is -0.140. The van der Waals surface area contributed by atoms with Crippen molar-refractivity contribution < 1.29 is 22.4 Å². The lowest BCUT2D eigenvalue weighted by Gasteiger charge is -2.34. The topological polar surface area (TPSA) is 86.8 Å². The first kappa shape index (κ1) is 31.7. The standard InChI is InChI=1S/C33H33ClFN3O4S/c1-2-21-36-33(40)31(22-25-13-5-3-6-14-25)37(23-26-15-9-10-18-28(26)34)32(39)24-38(30-20-12-11-19-29(30)35)43(41,42)27-16-7-4-8-17-27/h3-20,31H,2,21-24H2,1H3,(H,36,40)/t31-/m0/s1. The van der Waals surface area contributed by atoms with Crippen LogP contribution in [0.2, 0.25) is 5.02 Å². The van der Waals surface area contributed by atoms with Gasteiger partial charge in [0.1, 0.15) is 18.4 Å². The van der Waals surface area contributed by atoms with Crippen LogP contribution in [-0.4, -0.2) is 44.3 Å². The highest BCUT2D eigenvalue weighted by Crippen LogP contribution is 2.27. The first-order valence-electron chi connectivity index (χ1n) is 13.9. The van der Waals surface area contributed by atoms with Gasteiger partial charge in [0.05, 0.1) is 10.6 Å². The minimum atomic E-state index is -4.39. The fourth-order valence-electron chi connectivity index (χ4n) is 4.62. The van der Waals surface area contributed by atoms with Crippen LogP contribution in [0.15, 0.2) is 114 Å². The highest BCUT2D eigenvalue weighted by Gasteiger charge is 2.35. The molecule has 224 valence electrons. The van der Waals surface area contributed by atoms with Crippen LogP contribution < -0.4 is 9.62 Å². The van der Waals surface area contributed by atoms with Gasteiger partial charge in [-0.15, -0.1) is 0 Å². The molecule has 0 bridgehead atoms. The number of para-hydroxylation sites is 1. The van der Waals surface area contributed by atoms with E-state index in [-0.39, 0.29) is 23.5 Å². The summed E-state index contributed by atoms with van der Waals surface area (Å²) < 4.78 is 43.7. The summed E-state index contributed by atoms with van der Waals surface area (Å²) in [5.74, 6) is -1.90. The van der Waals surface area contributed by atoms with Crippen LogP contribution in [0.3, 0.4) is 0 Å². The molecule has 0 fully saturated rings. The maximum absolute atomic E-state index is 15.1. The van der Waals surface area contributed by atoms with Crippen LogP contribution >= 0.6 is 11.6 Å². The highest BCUT2D eigenvalue weighted by molar-refractivity contribution is 7.92. The van der Waals surface area contributed by atoms with Gasteiger partial charge in [-0.1, -0.05) is 97.4 Å². The Morgan fingerprint density at radius 1 is 0.860 bits per heavy atom. The number of sulfonamides is 1. The third-order valence-electron chi connectivity index (χ3n) is 6.85. The van der Waals surface area contributed by atoms with Crippen LogP contribution in [0.5, 0.6) is 0 Å². The summed E-state index contributed by atoms with van der Waals surface area (Å²) in [6, 6.07) is 28.0. The monoisotopic (exact) mass is 621 g/mol. The minimum Gasteiger partial charge on any atom is -0.354 e. The SMILES string of the molecule is CCCNC(=O)[C@H](Cc1ccccc1)N(Cc1ccccc1Cl)C(=O)CN(c1ccccc1F)S(=O)(=O)c1ccccc1. The zero-order valence-electron chi connectivity index (χ0n) is 23.7. The third kappa shape index (κ3) is 8.00. The Balaban J connectivity index is 1.81. The Labute approximate surface area is 257 Å². The number of nitrogens with zero attached hydrogens (tertiary/aromatic N) is 2. The van der Waals surface area contributed by atoms with Gasteiger partial charge in [-0.25, -0.2) is 12.8 Å². The first-order chi connectivity index (χ1) is 20.7. The molecule has 0 spiro atoms. The van der Waals surface area contributed by atoms with Gasteiger partial charge in [0.25, 0.3) is 10.0 Å². The maximum Gasteiger partial charge on any atom is 0.264 e. The van der Waals surface area contributed by atoms with E-state index >= 15 is 4.39 Å². The van der Waals surface area contributed by atoms with Crippen molar-refractivity contribution in [1.82, 2.24) is 10.2 Å². The number of nitrogens with one attached hydrogen (secondary N) is 1. The van der Waals surface area contributed by atoms with Crippen molar-refractivity contribution in [2.24, 2.45) is 0 Å². The predicted octanol–water partition coefficient (Wildman–Crippen LogP) is 5.84. The van der Waals surface area contributed by atoms with Crippen molar-refractivity contribution in [2.45, 2.75) is 37.2 Å². The van der Waals surface area contributed by atoms with Crippen molar-refractivity contribution >= 4 is 39.1 Å². The van der Waals surface area contributed by atoms with E-state index in [0.29, 0.717) is 23.6 Å². The van der Waals surface area contributed by atoms with Crippen LogP contribution in [-0.2, 0) is 32.6 Å². The molecular formula is C33H33ClFN3O4S. The quantitative estimate of drug-likeness (QED) is 0.203. The van der Waals surface area contributed by atoms with Gasteiger partial charge in [0.2, 0.25) is 11.8 Å². The van der Waals surface area contributed by atoms with Crippen molar-refractivity contribution in [2.75, 3.05) is 17.4 Å². The molecule has 0 aliphatic rings. The van der Waals surface area contributed by atoms with E-state index in [1.54, 1.807) is 42.5 Å². The number of rotatable bonds is 13. The molecular weight excluding hydrogens is 589 g/mol. The second-order valence-corrected chi connectivity index (χ2v) is 12.2. The Hall–Kier alpha value is -4.21. The van der Waals surface area contributed by atoms with E-state index in [1.807, 2.05) is 37.3 Å². The molecule has 0 saturated carbocycles. The zero-order chi connectivity index (χ0) is 30.8. The van der Waals surface area contributed by atoms with Gasteiger partial charge in [0.15, 0.2) is 0 Å². The number of halogens is 2. The molecule has 4 rings (SSSR count). The van der Waals surface area contributed by atoms with Gasteiger partial charge >= 0.3 is 0 Å². The Kier molecular flexibility index (Phi) is 10.9. The zero-order valence-corrected chi connectivity index (χ0v) is 25.3. The number of hydrogen-bond donors (Lipinski definition) is 1. The molecule has 0 saturated heterocycles. The summed E-state index contributed by atoms with van der Waals surface area (Å²) in [5, 5.41) is 3.27. The lowest BCUT2D eigenvalue weighted by atomic mass is 10.0. The van der Waals surface area contributed by atoms with Gasteiger partial charge in [-0.3, -0.25) is 13.9 Å². The van der Waals surface area contributed by atoms with Crippen LogP contribution in [0.4, 0.5) is 10.1 Å². The fraction of sp³-hybridized carbons (Fsp3) is 0.212. The molecule has 0 aliphatic carbocycles. The summed E-state index contributed by atoms with van der Waals surface area (Å²) in [4.78, 5) is 29.2. The summed E-state index contributed by atoms with van der Waals surface area (Å²) in [6.07, 6.45) is 0.844. The summed E-state index contributed by atoms with van der Waals surface area (Å²) in [5.41, 5.74) is 1.09. The predicted molar refractivity (Wildman–Crippen MR) is 167 cm³/mol. The molecule has 1 atom stereocenters. The second-order valence-electron chi connectivity index (χ2n) is 9.89. The molecule has 10 heteroatoms. The number of carbonyl (C=O) groups excluding carboxylic acids is 2. The van der Waals surface area contributed by atoms with E-state index < -0.39 is 40.2 Å². The third-order valence-corrected chi connectivity index (χ3v) is 8.99. The fourth-order valence-corrected chi connectivity index (χ4v) is 6.26. The van der Waals surface area contributed by atoms with Gasteiger partial charge in [-0.2, -0.15) is 0 Å². The number of carbonyl (C=O) groups is 2. The van der Waals surface area contributed by atoms with Crippen molar-refractivity contribution in [1.29, 1.82) is 0 Å². The number of anilines is 1. The van der Waals surface area contributed by atoms with Gasteiger partial charge < -0.3 is 10.2 Å². The molecule has 0 aliphatic heterocycles. The van der Waals surface area contributed by atoms with Crippen LogP contribution in [0, 0.1) is 5.82 Å². The lowest BCUT2D eigenvalue weighted by Crippen LogP contribution is -2.53. The second kappa shape index (κ2) is 14.8. The number of benzene rings is 4. The summed E-state index contributed by atoms with van der Waals surface area (Å²) >= 11 is 6.48. The molecule has 0 unspecified atom stereocenters. The Morgan fingerprint density at radius 2 is 1.47 bits per heavy atom. The van der Waals surface area contributed by atoms with Gasteiger partial charge in [-0.05, 0) is 47.9 Å². The van der Waals surface area contributed by atoms with Crippen molar-refractivity contribution in [3.05, 3.63) is 131 Å². The van der Waals surface area contributed by atoms with E-state index in [2.05, 4.69) is 5.32 Å². The smallest absolute Gasteiger partial charge is 0.264 e. The van der Waals surface area contributed by atoms with E-state index in [0.717, 1.165) is 15.9 Å². The molecule has 43 heavy (non-hydrogen) atoms. The molecule has 7 nitrogen and oxygen atoms in total. The van der Waals surface area contributed by atoms with Crippen molar-refractivity contribution in [3.63, 3.8) is 0 Å². The molecule has 2 amide bonds. The van der Waals surface area contributed by atoms with Crippen molar-refractivity contribution in [3.8, 4) is 0 Å². The average molecular weight is 622 g/mol. The number of amides is 2. The first-order valence-corrected chi connectivity index (χ1v) is 15.7. The molecule has 0 aromatic heterocycles. The normalized spacial score (nSPS) is 11.9. The summed E-state index contributed by atoms with van der Waals surface area (Å²) in [7, 11) is -4.39. The van der Waals surface area contributed by atoms with Crippen LogP contribution in [0.25, 0.3) is 0 Å². The average Bonchev–Trinajstić information content (AvgIpc) is 3.02. The Bertz CT molecular complexity index is 1640. The Morgan fingerprint density at radius 3 is 2.12 bits per heavy atom. The highest BCUT2D eigenvalue weighted by atomic mass is 35.5. The maximum atomic E-state index is 15.1. The molecule has 0 radical (unpaired) electrons. The van der Waals surface area contributed by atoms with Crippen LogP contribution in [0.1, 0.15) is 24.5 Å². The minimum absolute atomic E-state index is 0.0773. The van der Waals surface area contributed by atoms with E-state index in [4.69, 9.17) is 11.6 Å². The molecule has 1 N–H and O–H groups in total. The largest absolute Gasteiger partial charge is 0.354 e.